The maximum atomic E-state index is 12.0. The minimum atomic E-state index is -0.0244. The van der Waals surface area contributed by atoms with Crippen molar-refractivity contribution >= 4 is 35.0 Å². The summed E-state index contributed by atoms with van der Waals surface area (Å²) in [5, 5.41) is 3.62. The number of anilines is 1. The van der Waals surface area contributed by atoms with Crippen LogP contribution in [-0.4, -0.2) is 11.7 Å². The van der Waals surface area contributed by atoms with Crippen LogP contribution in [0.25, 0.3) is 0 Å². The molecular weight excluding hydrogens is 290 g/mol. The zero-order valence-electron chi connectivity index (χ0n) is 11.4. The first kappa shape index (κ1) is 14.9. The summed E-state index contributed by atoms with van der Waals surface area (Å²) in [5.41, 5.74) is 3.14. The van der Waals surface area contributed by atoms with Crippen LogP contribution in [0.3, 0.4) is 0 Å². The number of hydrogen-bond acceptors (Lipinski definition) is 2. The van der Waals surface area contributed by atoms with Gasteiger partial charge < -0.3 is 5.32 Å². The second kappa shape index (κ2) is 6.82. The number of thioether (sulfide) groups is 1. The van der Waals surface area contributed by atoms with Gasteiger partial charge in [0, 0.05) is 10.6 Å². The van der Waals surface area contributed by atoms with Crippen molar-refractivity contribution in [1.29, 1.82) is 0 Å². The maximum Gasteiger partial charge on any atom is 0.234 e. The molecule has 0 heterocycles. The molecule has 104 valence electrons. The van der Waals surface area contributed by atoms with Gasteiger partial charge in [-0.3, -0.25) is 4.79 Å². The SMILES string of the molecule is Cc1cccc(NC(=O)CSc2ccccc2Cl)c1C. The van der Waals surface area contributed by atoms with E-state index in [4.69, 9.17) is 11.6 Å². The summed E-state index contributed by atoms with van der Waals surface area (Å²) in [6, 6.07) is 13.4. The highest BCUT2D eigenvalue weighted by atomic mass is 35.5. The minimum absolute atomic E-state index is 0.0244. The Morgan fingerprint density at radius 2 is 1.90 bits per heavy atom. The Balaban J connectivity index is 1.96. The lowest BCUT2D eigenvalue weighted by atomic mass is 10.1. The lowest BCUT2D eigenvalue weighted by Gasteiger charge is -2.10. The zero-order valence-corrected chi connectivity index (χ0v) is 13.0. The summed E-state index contributed by atoms with van der Waals surface area (Å²) >= 11 is 7.50. The van der Waals surface area contributed by atoms with Crippen molar-refractivity contribution in [1.82, 2.24) is 0 Å². The van der Waals surface area contributed by atoms with Gasteiger partial charge >= 0.3 is 0 Å². The van der Waals surface area contributed by atoms with Gasteiger partial charge in [0.05, 0.1) is 10.8 Å². The molecule has 0 saturated heterocycles. The molecule has 2 rings (SSSR count). The molecule has 0 bridgehead atoms. The second-order valence-corrected chi connectivity index (χ2v) is 5.94. The van der Waals surface area contributed by atoms with E-state index in [1.807, 2.05) is 56.3 Å². The number of benzene rings is 2. The number of carbonyl (C=O) groups excluding carboxylic acids is 1. The Kier molecular flexibility index (Phi) is 5.10. The topological polar surface area (TPSA) is 29.1 Å². The Morgan fingerprint density at radius 1 is 1.15 bits per heavy atom. The molecule has 0 aliphatic heterocycles. The van der Waals surface area contributed by atoms with Crippen LogP contribution >= 0.6 is 23.4 Å². The molecule has 2 aromatic carbocycles. The van der Waals surface area contributed by atoms with Gasteiger partial charge in [0.2, 0.25) is 5.91 Å². The molecule has 1 N–H and O–H groups in total. The molecule has 0 fully saturated rings. The van der Waals surface area contributed by atoms with Gasteiger partial charge in [-0.05, 0) is 43.2 Å². The second-order valence-electron chi connectivity index (χ2n) is 4.51. The molecule has 2 nitrogen and oxygen atoms in total. The van der Waals surface area contributed by atoms with E-state index in [-0.39, 0.29) is 5.91 Å². The fraction of sp³-hybridized carbons (Fsp3) is 0.188. The molecule has 1 amide bonds. The number of aryl methyl sites for hydroxylation is 1. The number of rotatable bonds is 4. The third kappa shape index (κ3) is 3.78. The molecule has 0 radical (unpaired) electrons. The van der Waals surface area contributed by atoms with E-state index in [9.17, 15) is 4.79 Å². The van der Waals surface area contributed by atoms with Crippen LogP contribution in [0.2, 0.25) is 5.02 Å². The van der Waals surface area contributed by atoms with E-state index in [1.165, 1.54) is 17.3 Å². The average Bonchev–Trinajstić information content (AvgIpc) is 2.43. The third-order valence-electron chi connectivity index (χ3n) is 3.07. The molecule has 0 spiro atoms. The molecule has 0 aromatic heterocycles. The fourth-order valence-corrected chi connectivity index (χ4v) is 2.82. The van der Waals surface area contributed by atoms with Crippen molar-refractivity contribution < 1.29 is 4.79 Å². The number of hydrogen-bond donors (Lipinski definition) is 1. The highest BCUT2D eigenvalue weighted by Crippen LogP contribution is 2.26. The van der Waals surface area contributed by atoms with Crippen LogP contribution in [0, 0.1) is 13.8 Å². The first-order valence-electron chi connectivity index (χ1n) is 6.31. The largest absolute Gasteiger partial charge is 0.325 e. The molecule has 0 aliphatic carbocycles. The first-order chi connectivity index (χ1) is 9.58. The van der Waals surface area contributed by atoms with Crippen molar-refractivity contribution in [3.63, 3.8) is 0 Å². The predicted molar refractivity (Wildman–Crippen MR) is 86.7 cm³/mol. The van der Waals surface area contributed by atoms with Gasteiger partial charge in [0.25, 0.3) is 0 Å². The highest BCUT2D eigenvalue weighted by molar-refractivity contribution is 8.00. The van der Waals surface area contributed by atoms with Crippen LogP contribution in [0.4, 0.5) is 5.69 Å². The molecule has 0 saturated carbocycles. The van der Waals surface area contributed by atoms with E-state index in [2.05, 4.69) is 5.32 Å². The van der Waals surface area contributed by atoms with Crippen LogP contribution in [-0.2, 0) is 4.79 Å². The summed E-state index contributed by atoms with van der Waals surface area (Å²) < 4.78 is 0. The lowest BCUT2D eigenvalue weighted by molar-refractivity contribution is -0.113. The molecule has 0 aliphatic rings. The average molecular weight is 306 g/mol. The maximum absolute atomic E-state index is 12.0. The minimum Gasteiger partial charge on any atom is -0.325 e. The van der Waals surface area contributed by atoms with Gasteiger partial charge in [-0.2, -0.15) is 0 Å². The number of halogens is 1. The predicted octanol–water partition coefficient (Wildman–Crippen LogP) is 4.69. The normalized spacial score (nSPS) is 10.3. The van der Waals surface area contributed by atoms with E-state index >= 15 is 0 Å². The standard InChI is InChI=1S/C16H16ClNOS/c1-11-6-5-8-14(12(11)2)18-16(19)10-20-15-9-4-3-7-13(15)17/h3-9H,10H2,1-2H3,(H,18,19). The summed E-state index contributed by atoms with van der Waals surface area (Å²) in [4.78, 5) is 12.9. The van der Waals surface area contributed by atoms with E-state index in [1.54, 1.807) is 0 Å². The third-order valence-corrected chi connectivity index (χ3v) is 4.59. The van der Waals surface area contributed by atoms with Gasteiger partial charge in [-0.1, -0.05) is 35.9 Å². The van der Waals surface area contributed by atoms with Crippen LogP contribution in [0.1, 0.15) is 11.1 Å². The van der Waals surface area contributed by atoms with Crippen molar-refractivity contribution in [2.24, 2.45) is 0 Å². The Bertz CT molecular complexity index is 628. The zero-order chi connectivity index (χ0) is 14.5. The van der Waals surface area contributed by atoms with Crippen molar-refractivity contribution in [2.75, 3.05) is 11.1 Å². The smallest absolute Gasteiger partial charge is 0.234 e. The van der Waals surface area contributed by atoms with Crippen LogP contribution in [0.15, 0.2) is 47.4 Å². The van der Waals surface area contributed by atoms with E-state index in [0.29, 0.717) is 10.8 Å². The molecular formula is C16H16ClNOS. The molecule has 0 unspecified atom stereocenters. The summed E-state index contributed by atoms with van der Waals surface area (Å²) in [6.07, 6.45) is 0. The van der Waals surface area contributed by atoms with Crippen molar-refractivity contribution in [2.45, 2.75) is 18.7 Å². The Labute approximate surface area is 128 Å². The first-order valence-corrected chi connectivity index (χ1v) is 7.67. The molecule has 20 heavy (non-hydrogen) atoms. The number of carbonyl (C=O) groups is 1. The Hall–Kier alpha value is -1.45. The number of nitrogens with one attached hydrogen (secondary N) is 1. The van der Waals surface area contributed by atoms with Crippen molar-refractivity contribution in [3.05, 3.63) is 58.6 Å². The van der Waals surface area contributed by atoms with Gasteiger partial charge in [0.15, 0.2) is 0 Å². The quantitative estimate of drug-likeness (QED) is 0.830. The molecule has 2 aromatic rings. The summed E-state index contributed by atoms with van der Waals surface area (Å²) in [5.74, 6) is 0.320. The summed E-state index contributed by atoms with van der Waals surface area (Å²) in [7, 11) is 0. The van der Waals surface area contributed by atoms with Gasteiger partial charge in [-0.25, -0.2) is 0 Å². The molecule has 4 heteroatoms. The van der Waals surface area contributed by atoms with E-state index < -0.39 is 0 Å². The molecule has 0 atom stereocenters. The van der Waals surface area contributed by atoms with Crippen LogP contribution in [0.5, 0.6) is 0 Å². The lowest BCUT2D eigenvalue weighted by Crippen LogP contribution is -2.15. The highest BCUT2D eigenvalue weighted by Gasteiger charge is 2.08. The van der Waals surface area contributed by atoms with Gasteiger partial charge in [0.1, 0.15) is 0 Å². The van der Waals surface area contributed by atoms with Gasteiger partial charge in [-0.15, -0.1) is 11.8 Å². The fourth-order valence-electron chi connectivity index (χ4n) is 1.78. The Morgan fingerprint density at radius 3 is 2.65 bits per heavy atom. The number of amides is 1. The summed E-state index contributed by atoms with van der Waals surface area (Å²) in [6.45, 7) is 4.04. The van der Waals surface area contributed by atoms with Crippen molar-refractivity contribution in [3.8, 4) is 0 Å². The van der Waals surface area contributed by atoms with Crippen LogP contribution < -0.4 is 5.32 Å². The monoisotopic (exact) mass is 305 g/mol. The van der Waals surface area contributed by atoms with E-state index in [0.717, 1.165) is 16.1 Å².